The smallest absolute Gasteiger partial charge is 0.262 e. The lowest BCUT2D eigenvalue weighted by molar-refractivity contribution is -0.114. The lowest BCUT2D eigenvalue weighted by Gasteiger charge is -2.22. The second-order valence-corrected chi connectivity index (χ2v) is 5.89. The predicted octanol–water partition coefficient (Wildman–Crippen LogP) is 2.70. The van der Waals surface area contributed by atoms with Gasteiger partial charge in [-0.3, -0.25) is 4.79 Å². The summed E-state index contributed by atoms with van der Waals surface area (Å²) in [6.07, 6.45) is 1.60. The van der Waals surface area contributed by atoms with Crippen molar-refractivity contribution in [2.75, 3.05) is 31.6 Å². The van der Waals surface area contributed by atoms with E-state index in [1.54, 1.807) is 11.0 Å². The van der Waals surface area contributed by atoms with E-state index < -0.39 is 0 Å². The molecule has 0 atom stereocenters. The molecule has 0 radical (unpaired) electrons. The lowest BCUT2D eigenvalue weighted by Crippen LogP contribution is -2.34. The molecule has 5 nitrogen and oxygen atoms in total. The van der Waals surface area contributed by atoms with Crippen molar-refractivity contribution in [3.63, 3.8) is 0 Å². The molecule has 1 aliphatic heterocycles. The van der Waals surface area contributed by atoms with Gasteiger partial charge in [0.15, 0.2) is 0 Å². The van der Waals surface area contributed by atoms with Crippen LogP contribution in [0, 0.1) is 6.92 Å². The van der Waals surface area contributed by atoms with Crippen LogP contribution in [-0.4, -0.2) is 43.3 Å². The first-order valence-electron chi connectivity index (χ1n) is 8.23. The van der Waals surface area contributed by atoms with E-state index in [9.17, 15) is 4.79 Å². The van der Waals surface area contributed by atoms with Crippen LogP contribution in [0.3, 0.4) is 0 Å². The molecule has 0 spiro atoms. The second-order valence-electron chi connectivity index (χ2n) is 5.89. The largest absolute Gasteiger partial charge is 0.374 e. The summed E-state index contributed by atoms with van der Waals surface area (Å²) in [6.45, 7) is 11.9. The fourth-order valence-corrected chi connectivity index (χ4v) is 2.72. The number of carbonyl (C=O) groups excluding carboxylic acids is 1. The predicted molar refractivity (Wildman–Crippen MR) is 100 cm³/mol. The number of benzene rings is 1. The number of carbonyl (C=O) groups is 1. The number of amidine groups is 1. The van der Waals surface area contributed by atoms with Crippen LogP contribution in [0.4, 0.5) is 5.69 Å². The Kier molecular flexibility index (Phi) is 5.79. The Morgan fingerprint density at radius 2 is 2.17 bits per heavy atom. The molecule has 2 rings (SSSR count). The number of nitrogens with one attached hydrogen (secondary N) is 1. The summed E-state index contributed by atoms with van der Waals surface area (Å²) in [4.78, 5) is 21.5. The third-order valence-electron chi connectivity index (χ3n) is 3.96. The number of hydrogen-bond donors (Lipinski definition) is 1. The lowest BCUT2D eigenvalue weighted by atomic mass is 10.1. The van der Waals surface area contributed by atoms with Gasteiger partial charge in [0.1, 0.15) is 11.7 Å². The molecule has 1 aliphatic rings. The summed E-state index contributed by atoms with van der Waals surface area (Å²) in [5.74, 6) is 1.38. The minimum absolute atomic E-state index is 0.0667. The van der Waals surface area contributed by atoms with Gasteiger partial charge < -0.3 is 15.1 Å². The van der Waals surface area contributed by atoms with Crippen molar-refractivity contribution in [3.05, 3.63) is 53.9 Å². The molecule has 0 saturated carbocycles. The Morgan fingerprint density at radius 1 is 1.42 bits per heavy atom. The number of anilines is 1. The van der Waals surface area contributed by atoms with Crippen LogP contribution < -0.4 is 10.2 Å². The van der Waals surface area contributed by atoms with Crippen LogP contribution in [0.15, 0.2) is 53.3 Å². The highest BCUT2D eigenvalue weighted by Gasteiger charge is 2.27. The summed E-state index contributed by atoms with van der Waals surface area (Å²) in [5, 5.41) is 3.17. The van der Waals surface area contributed by atoms with Crippen molar-refractivity contribution < 1.29 is 4.79 Å². The van der Waals surface area contributed by atoms with E-state index in [1.807, 2.05) is 57.0 Å². The molecule has 128 valence electrons. The molecular weight excluding hydrogens is 300 g/mol. The number of likely N-dealkylation sites (N-methyl/N-ethyl adjacent to an activating group) is 1. The fourth-order valence-electron chi connectivity index (χ4n) is 2.72. The number of rotatable bonds is 4. The first kappa shape index (κ1) is 17.8. The van der Waals surface area contributed by atoms with E-state index >= 15 is 0 Å². The monoisotopic (exact) mass is 326 g/mol. The summed E-state index contributed by atoms with van der Waals surface area (Å²) in [7, 11) is 1.95. The van der Waals surface area contributed by atoms with Crippen molar-refractivity contribution in [1.29, 1.82) is 0 Å². The first-order valence-corrected chi connectivity index (χ1v) is 8.23. The minimum Gasteiger partial charge on any atom is -0.374 e. The molecule has 1 aromatic carbocycles. The van der Waals surface area contributed by atoms with Crippen LogP contribution in [-0.2, 0) is 4.79 Å². The summed E-state index contributed by atoms with van der Waals surface area (Å²) in [5.41, 5.74) is 2.55. The molecule has 24 heavy (non-hydrogen) atoms. The van der Waals surface area contributed by atoms with E-state index in [1.165, 1.54) is 0 Å². The maximum Gasteiger partial charge on any atom is 0.262 e. The number of amides is 1. The summed E-state index contributed by atoms with van der Waals surface area (Å²) in [6, 6.07) is 7.98. The van der Waals surface area contributed by atoms with Gasteiger partial charge in [0.05, 0.1) is 5.57 Å². The van der Waals surface area contributed by atoms with E-state index in [0.29, 0.717) is 24.5 Å². The van der Waals surface area contributed by atoms with Crippen molar-refractivity contribution in [3.8, 4) is 0 Å². The Hall–Kier alpha value is -2.56. The maximum absolute atomic E-state index is 13.1. The third-order valence-corrected chi connectivity index (χ3v) is 3.96. The van der Waals surface area contributed by atoms with Gasteiger partial charge in [-0.25, -0.2) is 4.99 Å². The van der Waals surface area contributed by atoms with Crippen LogP contribution in [0.5, 0.6) is 0 Å². The summed E-state index contributed by atoms with van der Waals surface area (Å²) < 4.78 is 0. The SMILES string of the molecule is C=CC1=C(/N=C(\C)NCC)N(C)CCN(c2cccc(C)c2)C1=O. The van der Waals surface area contributed by atoms with Crippen LogP contribution >= 0.6 is 0 Å². The van der Waals surface area contributed by atoms with Gasteiger partial charge in [0.2, 0.25) is 0 Å². The summed E-state index contributed by atoms with van der Waals surface area (Å²) >= 11 is 0. The molecular formula is C19H26N4O. The first-order chi connectivity index (χ1) is 11.5. The number of aryl methyl sites for hydroxylation is 1. The van der Waals surface area contributed by atoms with E-state index in [4.69, 9.17) is 0 Å². The molecule has 5 heteroatoms. The Morgan fingerprint density at radius 3 is 2.79 bits per heavy atom. The highest BCUT2D eigenvalue weighted by Crippen LogP contribution is 2.24. The number of nitrogens with zero attached hydrogens (tertiary/aromatic N) is 3. The average Bonchev–Trinajstić information content (AvgIpc) is 2.65. The zero-order valence-electron chi connectivity index (χ0n) is 15.0. The van der Waals surface area contributed by atoms with Gasteiger partial charge >= 0.3 is 0 Å². The highest BCUT2D eigenvalue weighted by molar-refractivity contribution is 6.08. The standard InChI is InChI=1S/C19H26N4O/c1-6-17-18(21-15(4)20-7-2)22(5)11-12-23(19(17)24)16-10-8-9-14(3)13-16/h6,8-10,13H,1,7,11-12H2,2-5H3,(H,20,21). The van der Waals surface area contributed by atoms with Gasteiger partial charge in [0, 0.05) is 32.4 Å². The van der Waals surface area contributed by atoms with Crippen molar-refractivity contribution in [2.24, 2.45) is 4.99 Å². The average molecular weight is 326 g/mol. The number of aliphatic imine (C=N–C) groups is 1. The molecule has 1 aromatic rings. The zero-order chi connectivity index (χ0) is 17.7. The highest BCUT2D eigenvalue weighted by atomic mass is 16.2. The minimum atomic E-state index is -0.0667. The van der Waals surface area contributed by atoms with E-state index in [-0.39, 0.29) is 5.91 Å². The third kappa shape index (κ3) is 3.85. The quantitative estimate of drug-likeness (QED) is 0.683. The van der Waals surface area contributed by atoms with Crippen molar-refractivity contribution in [1.82, 2.24) is 10.2 Å². The van der Waals surface area contributed by atoms with Gasteiger partial charge in [0.25, 0.3) is 5.91 Å². The van der Waals surface area contributed by atoms with Gasteiger partial charge in [-0.15, -0.1) is 0 Å². The molecule has 0 saturated heterocycles. The molecule has 1 heterocycles. The fraction of sp³-hybridized carbons (Fsp3) is 0.368. The van der Waals surface area contributed by atoms with Gasteiger partial charge in [-0.2, -0.15) is 0 Å². The molecule has 0 fully saturated rings. The van der Waals surface area contributed by atoms with Crippen molar-refractivity contribution in [2.45, 2.75) is 20.8 Å². The normalized spacial score (nSPS) is 16.3. The Bertz CT molecular complexity index is 690. The number of hydrogen-bond acceptors (Lipinski definition) is 3. The van der Waals surface area contributed by atoms with Gasteiger partial charge in [-0.1, -0.05) is 24.8 Å². The van der Waals surface area contributed by atoms with E-state index in [0.717, 1.165) is 23.6 Å². The topological polar surface area (TPSA) is 47.9 Å². The molecule has 0 aromatic heterocycles. The second kappa shape index (κ2) is 7.81. The molecule has 0 unspecified atom stereocenters. The zero-order valence-corrected chi connectivity index (χ0v) is 15.0. The van der Waals surface area contributed by atoms with Crippen LogP contribution in [0.25, 0.3) is 0 Å². The molecule has 0 bridgehead atoms. The molecule has 1 amide bonds. The molecule has 0 aliphatic carbocycles. The van der Waals surface area contributed by atoms with Crippen molar-refractivity contribution >= 4 is 17.4 Å². The van der Waals surface area contributed by atoms with Crippen LogP contribution in [0.2, 0.25) is 0 Å². The Labute approximate surface area is 144 Å². The van der Waals surface area contributed by atoms with E-state index in [2.05, 4.69) is 16.9 Å². The maximum atomic E-state index is 13.1. The van der Waals surface area contributed by atoms with Gasteiger partial charge in [-0.05, 0) is 38.5 Å². The van der Waals surface area contributed by atoms with Crippen LogP contribution in [0.1, 0.15) is 19.4 Å². The Balaban J connectivity index is 2.47. The molecule has 1 N–H and O–H groups in total.